The van der Waals surface area contributed by atoms with Gasteiger partial charge in [0.25, 0.3) is 0 Å². The number of benzene rings is 9. The number of rotatable bonds is 4. The van der Waals surface area contributed by atoms with E-state index < -0.39 is 0 Å². The van der Waals surface area contributed by atoms with Gasteiger partial charge in [-0.05, 0) is 94.4 Å². The lowest BCUT2D eigenvalue weighted by Gasteiger charge is -2.12. The molecule has 0 aliphatic carbocycles. The fourth-order valence-corrected chi connectivity index (χ4v) is 9.04. The molecule has 0 N–H and O–H groups in total. The van der Waals surface area contributed by atoms with Crippen molar-refractivity contribution in [3.05, 3.63) is 194 Å². The quantitative estimate of drug-likeness (QED) is 0.179. The molecule has 0 aliphatic heterocycles. The van der Waals surface area contributed by atoms with Gasteiger partial charge in [0.05, 0.1) is 22.1 Å². The van der Waals surface area contributed by atoms with Crippen molar-refractivity contribution in [2.75, 3.05) is 0 Å². The normalized spacial score (nSPS) is 12.0. The number of fused-ring (bicyclic) bond motifs is 11. The smallest absolute Gasteiger partial charge is 0.137 e. The number of hydrogen-bond donors (Lipinski definition) is 0. The van der Waals surface area contributed by atoms with E-state index in [0.29, 0.717) is 0 Å². The third-order valence-corrected chi connectivity index (χ3v) is 11.5. The highest BCUT2D eigenvalue weighted by Gasteiger charge is 2.21. The van der Waals surface area contributed by atoms with Crippen molar-refractivity contribution in [2.24, 2.45) is 0 Å². The van der Waals surface area contributed by atoms with Crippen molar-refractivity contribution in [3.63, 3.8) is 0 Å². The van der Waals surface area contributed by atoms with Crippen LogP contribution in [0.3, 0.4) is 0 Å². The molecule has 3 nitrogen and oxygen atoms in total. The molecule has 3 heterocycles. The Bertz CT molecular complexity index is 3470. The maximum absolute atomic E-state index is 6.33. The highest BCUT2D eigenvalue weighted by atomic mass is 16.3. The Hall–Kier alpha value is -7.36. The largest absolute Gasteiger partial charge is 0.456 e. The van der Waals surface area contributed by atoms with Crippen molar-refractivity contribution in [1.82, 2.24) is 9.13 Å². The first-order valence-corrected chi connectivity index (χ1v) is 18.8. The van der Waals surface area contributed by atoms with Crippen LogP contribution in [0.5, 0.6) is 0 Å². The number of aromatic nitrogens is 2. The summed E-state index contributed by atoms with van der Waals surface area (Å²) in [6.07, 6.45) is 0. The standard InChI is InChI=1S/C52H32N2O/c1-3-13-33(14-4-1)43-31-36-15-7-8-18-39(36)52-51(43)45-30-35(24-28-48(45)54(52)37-16-5-2-6-17-37)34-23-27-47-44(29-34)40-19-9-11-21-46(40)53(47)38-25-26-42-41-20-10-12-22-49(41)55-50(42)32-38/h1-32H. The van der Waals surface area contributed by atoms with Crippen LogP contribution in [0.15, 0.2) is 199 Å². The lowest BCUT2D eigenvalue weighted by Crippen LogP contribution is -1.94. The minimum Gasteiger partial charge on any atom is -0.456 e. The van der Waals surface area contributed by atoms with Crippen molar-refractivity contribution in [2.45, 2.75) is 0 Å². The van der Waals surface area contributed by atoms with Crippen molar-refractivity contribution >= 4 is 76.3 Å². The molecule has 0 atom stereocenters. The van der Waals surface area contributed by atoms with Crippen LogP contribution in [0.1, 0.15) is 0 Å². The predicted molar refractivity (Wildman–Crippen MR) is 231 cm³/mol. The first-order valence-electron chi connectivity index (χ1n) is 18.8. The molecular weight excluding hydrogens is 669 g/mol. The zero-order valence-electron chi connectivity index (χ0n) is 29.8. The van der Waals surface area contributed by atoms with Gasteiger partial charge in [0, 0.05) is 55.1 Å². The van der Waals surface area contributed by atoms with Gasteiger partial charge in [0.1, 0.15) is 11.2 Å². The number of para-hydroxylation sites is 3. The van der Waals surface area contributed by atoms with Gasteiger partial charge in [-0.15, -0.1) is 0 Å². The molecule has 0 fully saturated rings. The summed E-state index contributed by atoms with van der Waals surface area (Å²) in [4.78, 5) is 0. The summed E-state index contributed by atoms with van der Waals surface area (Å²) in [6, 6.07) is 70.3. The molecule has 12 rings (SSSR count). The fourth-order valence-electron chi connectivity index (χ4n) is 9.04. The first-order chi connectivity index (χ1) is 27.3. The average Bonchev–Trinajstić information content (AvgIpc) is 3.91. The van der Waals surface area contributed by atoms with Gasteiger partial charge in [0.15, 0.2) is 0 Å². The van der Waals surface area contributed by atoms with Gasteiger partial charge in [-0.25, -0.2) is 0 Å². The third-order valence-electron chi connectivity index (χ3n) is 11.5. The van der Waals surface area contributed by atoms with Crippen LogP contribution in [0.2, 0.25) is 0 Å². The SMILES string of the molecule is c1ccc(-c2cc3ccccc3c3c2c2cc(-c4ccc5c(c4)c4ccccc4n5-c4ccc5c(c4)oc4ccccc45)ccc2n3-c2ccccc2)cc1. The highest BCUT2D eigenvalue weighted by molar-refractivity contribution is 6.24. The first kappa shape index (κ1) is 30.1. The van der Waals surface area contributed by atoms with Crippen LogP contribution in [-0.4, -0.2) is 9.13 Å². The Morgan fingerprint density at radius 2 is 0.945 bits per heavy atom. The van der Waals surface area contributed by atoms with E-state index in [-0.39, 0.29) is 0 Å². The average molecular weight is 701 g/mol. The van der Waals surface area contributed by atoms with E-state index in [1.165, 1.54) is 76.6 Å². The lowest BCUT2D eigenvalue weighted by atomic mass is 9.94. The Labute approximate surface area is 316 Å². The predicted octanol–water partition coefficient (Wildman–Crippen LogP) is 14.3. The van der Waals surface area contributed by atoms with Gasteiger partial charge in [-0.3, -0.25) is 0 Å². The van der Waals surface area contributed by atoms with E-state index in [1.54, 1.807) is 0 Å². The van der Waals surface area contributed by atoms with Crippen molar-refractivity contribution in [3.8, 4) is 33.6 Å². The Morgan fingerprint density at radius 3 is 1.76 bits per heavy atom. The molecule has 0 saturated carbocycles. The fraction of sp³-hybridized carbons (Fsp3) is 0. The molecule has 9 aromatic carbocycles. The molecule has 0 saturated heterocycles. The molecule has 0 bridgehead atoms. The van der Waals surface area contributed by atoms with Gasteiger partial charge >= 0.3 is 0 Å². The summed E-state index contributed by atoms with van der Waals surface area (Å²) < 4.78 is 11.2. The topological polar surface area (TPSA) is 23.0 Å². The maximum atomic E-state index is 6.33. The van der Waals surface area contributed by atoms with E-state index in [0.717, 1.165) is 33.3 Å². The van der Waals surface area contributed by atoms with Crippen molar-refractivity contribution in [1.29, 1.82) is 0 Å². The van der Waals surface area contributed by atoms with Gasteiger partial charge in [-0.1, -0.05) is 121 Å². The second-order valence-electron chi connectivity index (χ2n) is 14.5. The van der Waals surface area contributed by atoms with Crippen LogP contribution in [0.4, 0.5) is 0 Å². The molecule has 0 amide bonds. The van der Waals surface area contributed by atoms with E-state index >= 15 is 0 Å². The van der Waals surface area contributed by atoms with Crippen LogP contribution >= 0.6 is 0 Å². The minimum absolute atomic E-state index is 0.895. The second kappa shape index (κ2) is 11.6. The van der Waals surface area contributed by atoms with Gasteiger partial charge < -0.3 is 13.6 Å². The molecule has 3 heteroatoms. The van der Waals surface area contributed by atoms with Gasteiger partial charge in [-0.2, -0.15) is 0 Å². The van der Waals surface area contributed by atoms with E-state index in [9.17, 15) is 0 Å². The molecule has 3 aromatic heterocycles. The second-order valence-corrected chi connectivity index (χ2v) is 14.5. The molecule has 55 heavy (non-hydrogen) atoms. The molecule has 256 valence electrons. The summed E-state index contributed by atoms with van der Waals surface area (Å²) in [5, 5.41) is 9.71. The summed E-state index contributed by atoms with van der Waals surface area (Å²) in [7, 11) is 0. The van der Waals surface area contributed by atoms with E-state index in [2.05, 4.69) is 191 Å². The summed E-state index contributed by atoms with van der Waals surface area (Å²) in [5.41, 5.74) is 13.6. The Balaban J connectivity index is 1.11. The van der Waals surface area contributed by atoms with Crippen LogP contribution in [0, 0.1) is 0 Å². The number of nitrogens with zero attached hydrogens (tertiary/aromatic N) is 2. The van der Waals surface area contributed by atoms with E-state index in [1.807, 2.05) is 12.1 Å². The highest BCUT2D eigenvalue weighted by Crippen LogP contribution is 2.44. The number of furan rings is 1. The Kier molecular flexibility index (Phi) is 6.34. The monoisotopic (exact) mass is 700 g/mol. The molecule has 0 radical (unpaired) electrons. The zero-order chi connectivity index (χ0) is 36.0. The van der Waals surface area contributed by atoms with E-state index in [4.69, 9.17) is 4.42 Å². The lowest BCUT2D eigenvalue weighted by molar-refractivity contribution is 0.668. The third kappa shape index (κ3) is 4.44. The minimum atomic E-state index is 0.895. The van der Waals surface area contributed by atoms with Crippen LogP contribution in [-0.2, 0) is 0 Å². The molecule has 0 unspecified atom stereocenters. The molecule has 0 spiro atoms. The Morgan fingerprint density at radius 1 is 0.327 bits per heavy atom. The molecule has 0 aliphatic rings. The summed E-state index contributed by atoms with van der Waals surface area (Å²) >= 11 is 0. The summed E-state index contributed by atoms with van der Waals surface area (Å²) in [5.74, 6) is 0. The van der Waals surface area contributed by atoms with Crippen LogP contribution in [0.25, 0.3) is 110 Å². The van der Waals surface area contributed by atoms with Gasteiger partial charge in [0.2, 0.25) is 0 Å². The summed E-state index contributed by atoms with van der Waals surface area (Å²) in [6.45, 7) is 0. The van der Waals surface area contributed by atoms with Crippen molar-refractivity contribution < 1.29 is 4.42 Å². The van der Waals surface area contributed by atoms with Crippen LogP contribution < -0.4 is 0 Å². The maximum Gasteiger partial charge on any atom is 0.137 e. The zero-order valence-corrected chi connectivity index (χ0v) is 29.8. The molecular formula is C52H32N2O. The molecule has 12 aromatic rings. The number of hydrogen-bond acceptors (Lipinski definition) is 1.